The molecule has 148 valence electrons. The van der Waals surface area contributed by atoms with E-state index in [4.69, 9.17) is 5.73 Å². The summed E-state index contributed by atoms with van der Waals surface area (Å²) in [5.74, 6) is -2.63. The summed E-state index contributed by atoms with van der Waals surface area (Å²) in [6, 6.07) is 11.3. The summed E-state index contributed by atoms with van der Waals surface area (Å²) >= 11 is 0. The lowest BCUT2D eigenvalue weighted by molar-refractivity contribution is -0.113. The van der Waals surface area contributed by atoms with Gasteiger partial charge in [-0.1, -0.05) is 24.3 Å². The topological polar surface area (TPSA) is 88.8 Å². The van der Waals surface area contributed by atoms with Gasteiger partial charge in [0.15, 0.2) is 5.78 Å². The molecular formula is C23H15F2N3O2. The van der Waals surface area contributed by atoms with E-state index < -0.39 is 23.3 Å². The van der Waals surface area contributed by atoms with Crippen LogP contribution >= 0.6 is 0 Å². The van der Waals surface area contributed by atoms with Crippen LogP contribution in [0.5, 0.6) is 0 Å². The Morgan fingerprint density at radius 3 is 2.30 bits per heavy atom. The average Bonchev–Trinajstić information content (AvgIpc) is 3.13. The predicted octanol–water partition coefficient (Wildman–Crippen LogP) is 4.24. The van der Waals surface area contributed by atoms with Crippen molar-refractivity contribution in [1.29, 1.82) is 0 Å². The summed E-state index contributed by atoms with van der Waals surface area (Å²) < 4.78 is 26.8. The van der Waals surface area contributed by atoms with Gasteiger partial charge < -0.3 is 10.7 Å². The number of hydrogen-bond donors (Lipinski definition) is 2. The number of nitrogens with zero attached hydrogens (tertiary/aromatic N) is 1. The number of nitrogens with two attached hydrogens (primary N) is 1. The van der Waals surface area contributed by atoms with Crippen LogP contribution in [0, 0.1) is 11.6 Å². The Morgan fingerprint density at radius 2 is 1.63 bits per heavy atom. The second kappa shape index (κ2) is 7.71. The van der Waals surface area contributed by atoms with E-state index in [1.807, 2.05) is 6.07 Å². The first-order chi connectivity index (χ1) is 14.4. The number of halogens is 2. The van der Waals surface area contributed by atoms with Gasteiger partial charge >= 0.3 is 0 Å². The van der Waals surface area contributed by atoms with Crippen LogP contribution in [0.2, 0.25) is 0 Å². The standard InChI is InChI=1S/C23H15F2N3O2/c24-18-7-16(8-19(25)10-18)22(30)14-3-1-13(2-4-14)17-9-20-15(5-6-21(26)29)11-27-23(20)28-12-17/h1-12H,(H2,26,29)(H,27,28)/b6-5+. The molecule has 2 heterocycles. The van der Waals surface area contributed by atoms with Gasteiger partial charge in [-0.15, -0.1) is 0 Å². The third-order valence-corrected chi connectivity index (χ3v) is 4.60. The first-order valence-electron chi connectivity index (χ1n) is 8.96. The van der Waals surface area contributed by atoms with Crippen molar-refractivity contribution in [2.24, 2.45) is 5.73 Å². The number of aromatic nitrogens is 2. The molecule has 0 radical (unpaired) electrons. The molecular weight excluding hydrogens is 388 g/mol. The molecule has 2 aromatic carbocycles. The number of pyridine rings is 1. The summed E-state index contributed by atoms with van der Waals surface area (Å²) in [5, 5.41) is 0.806. The lowest BCUT2D eigenvalue weighted by atomic mass is 9.99. The van der Waals surface area contributed by atoms with E-state index in [-0.39, 0.29) is 5.56 Å². The van der Waals surface area contributed by atoms with Gasteiger partial charge in [0.25, 0.3) is 0 Å². The van der Waals surface area contributed by atoms with E-state index in [2.05, 4.69) is 9.97 Å². The van der Waals surface area contributed by atoms with E-state index >= 15 is 0 Å². The number of hydrogen-bond acceptors (Lipinski definition) is 3. The number of carbonyl (C=O) groups is 2. The maximum atomic E-state index is 13.4. The fourth-order valence-corrected chi connectivity index (χ4v) is 3.16. The number of rotatable bonds is 5. The molecule has 0 atom stereocenters. The SMILES string of the molecule is NC(=O)/C=C/c1c[nH]c2ncc(-c3ccc(C(=O)c4cc(F)cc(F)c4)cc3)cc12. The van der Waals surface area contributed by atoms with E-state index in [0.717, 1.165) is 40.3 Å². The quantitative estimate of drug-likeness (QED) is 0.386. The Labute approximate surface area is 169 Å². The number of ketones is 1. The monoisotopic (exact) mass is 403 g/mol. The van der Waals surface area contributed by atoms with Crippen molar-refractivity contribution in [1.82, 2.24) is 9.97 Å². The van der Waals surface area contributed by atoms with Crippen LogP contribution in [-0.2, 0) is 4.79 Å². The van der Waals surface area contributed by atoms with Crippen molar-refractivity contribution in [2.45, 2.75) is 0 Å². The Balaban J connectivity index is 1.65. The lowest BCUT2D eigenvalue weighted by Gasteiger charge is -2.05. The van der Waals surface area contributed by atoms with E-state index in [9.17, 15) is 18.4 Å². The largest absolute Gasteiger partial charge is 0.366 e. The molecule has 0 aliphatic heterocycles. The molecule has 0 bridgehead atoms. The molecule has 0 aliphatic carbocycles. The molecule has 0 fully saturated rings. The Bertz CT molecular complexity index is 1290. The van der Waals surface area contributed by atoms with Crippen molar-refractivity contribution in [2.75, 3.05) is 0 Å². The summed E-state index contributed by atoms with van der Waals surface area (Å²) in [7, 11) is 0. The van der Waals surface area contributed by atoms with Crippen LogP contribution in [0.1, 0.15) is 21.5 Å². The third kappa shape index (κ3) is 3.86. The highest BCUT2D eigenvalue weighted by Crippen LogP contribution is 2.26. The molecule has 0 aliphatic rings. The van der Waals surface area contributed by atoms with Gasteiger partial charge in [0.2, 0.25) is 5.91 Å². The first kappa shape index (κ1) is 19.2. The van der Waals surface area contributed by atoms with Crippen LogP contribution in [-0.4, -0.2) is 21.7 Å². The van der Waals surface area contributed by atoms with Crippen molar-refractivity contribution in [3.63, 3.8) is 0 Å². The van der Waals surface area contributed by atoms with Gasteiger partial charge in [-0.3, -0.25) is 9.59 Å². The third-order valence-electron chi connectivity index (χ3n) is 4.60. The number of primary amides is 1. The number of amides is 1. The highest BCUT2D eigenvalue weighted by Gasteiger charge is 2.13. The zero-order chi connectivity index (χ0) is 21.3. The number of benzene rings is 2. The van der Waals surface area contributed by atoms with Crippen LogP contribution in [0.4, 0.5) is 8.78 Å². The van der Waals surface area contributed by atoms with E-state index in [1.165, 1.54) is 6.08 Å². The summed E-state index contributed by atoms with van der Waals surface area (Å²) in [5.41, 5.74) is 8.42. The Kier molecular flexibility index (Phi) is 4.93. The molecule has 0 unspecified atom stereocenters. The van der Waals surface area contributed by atoms with Gasteiger partial charge in [-0.05, 0) is 29.8 Å². The zero-order valence-corrected chi connectivity index (χ0v) is 15.5. The average molecular weight is 403 g/mol. The van der Waals surface area contributed by atoms with Crippen molar-refractivity contribution in [3.05, 3.63) is 95.3 Å². The van der Waals surface area contributed by atoms with Crippen molar-refractivity contribution in [3.8, 4) is 11.1 Å². The normalized spacial score (nSPS) is 11.3. The zero-order valence-electron chi connectivity index (χ0n) is 15.5. The lowest BCUT2D eigenvalue weighted by Crippen LogP contribution is -2.04. The van der Waals surface area contributed by atoms with Gasteiger partial charge in [0, 0.05) is 52.2 Å². The number of aromatic amines is 1. The number of fused-ring (bicyclic) bond motifs is 1. The maximum Gasteiger partial charge on any atom is 0.241 e. The minimum Gasteiger partial charge on any atom is -0.366 e. The molecule has 4 aromatic rings. The van der Waals surface area contributed by atoms with Gasteiger partial charge in [-0.2, -0.15) is 0 Å². The molecule has 4 rings (SSSR count). The van der Waals surface area contributed by atoms with Gasteiger partial charge in [-0.25, -0.2) is 13.8 Å². The molecule has 30 heavy (non-hydrogen) atoms. The van der Waals surface area contributed by atoms with Crippen molar-refractivity contribution >= 4 is 28.8 Å². The maximum absolute atomic E-state index is 13.4. The van der Waals surface area contributed by atoms with Crippen LogP contribution in [0.3, 0.4) is 0 Å². The van der Waals surface area contributed by atoms with Crippen molar-refractivity contribution < 1.29 is 18.4 Å². The highest BCUT2D eigenvalue weighted by molar-refractivity contribution is 6.09. The van der Waals surface area contributed by atoms with Crippen LogP contribution in [0.25, 0.3) is 28.2 Å². The second-order valence-corrected chi connectivity index (χ2v) is 6.66. The van der Waals surface area contributed by atoms with E-state index in [1.54, 1.807) is 42.7 Å². The molecule has 1 amide bonds. The molecule has 0 spiro atoms. The fourth-order valence-electron chi connectivity index (χ4n) is 3.16. The summed E-state index contributed by atoms with van der Waals surface area (Å²) in [4.78, 5) is 30.9. The summed E-state index contributed by atoms with van der Waals surface area (Å²) in [6.07, 6.45) is 6.28. The molecule has 5 nitrogen and oxygen atoms in total. The van der Waals surface area contributed by atoms with Crippen LogP contribution < -0.4 is 5.73 Å². The van der Waals surface area contributed by atoms with Crippen LogP contribution in [0.15, 0.2) is 67.0 Å². The number of H-pyrrole nitrogens is 1. The highest BCUT2D eigenvalue weighted by atomic mass is 19.1. The first-order valence-corrected chi connectivity index (χ1v) is 8.96. The minimum atomic E-state index is -0.804. The molecule has 0 saturated heterocycles. The van der Waals surface area contributed by atoms with E-state index in [0.29, 0.717) is 11.2 Å². The smallest absolute Gasteiger partial charge is 0.241 e. The molecule has 7 heteroatoms. The Hall–Kier alpha value is -4.13. The summed E-state index contributed by atoms with van der Waals surface area (Å²) in [6.45, 7) is 0. The van der Waals surface area contributed by atoms with Gasteiger partial charge in [0.05, 0.1) is 0 Å². The number of carbonyl (C=O) groups excluding carboxylic acids is 2. The second-order valence-electron chi connectivity index (χ2n) is 6.66. The molecule has 2 aromatic heterocycles. The van der Waals surface area contributed by atoms with Gasteiger partial charge in [0.1, 0.15) is 17.3 Å². The number of nitrogens with one attached hydrogen (secondary N) is 1. The predicted molar refractivity (Wildman–Crippen MR) is 110 cm³/mol. The molecule has 0 saturated carbocycles. The minimum absolute atomic E-state index is 0.0541. The Morgan fingerprint density at radius 1 is 0.933 bits per heavy atom. The molecule has 3 N–H and O–H groups in total. The fraction of sp³-hybridized carbons (Fsp3) is 0.